The first-order valence-electron chi connectivity index (χ1n) is 3.44. The average molecular weight is 233 g/mol. The van der Waals surface area contributed by atoms with Crippen molar-refractivity contribution < 1.29 is 9.90 Å². The van der Waals surface area contributed by atoms with Crippen LogP contribution in [0.3, 0.4) is 0 Å². The number of hydrogen-bond acceptors (Lipinski definition) is 2. The van der Waals surface area contributed by atoms with Crippen LogP contribution in [0.2, 0.25) is 0 Å². The summed E-state index contributed by atoms with van der Waals surface area (Å²) < 4.78 is 2.22. The van der Waals surface area contributed by atoms with Crippen LogP contribution in [0.15, 0.2) is 10.7 Å². The van der Waals surface area contributed by atoms with Gasteiger partial charge in [-0.15, -0.1) is 0 Å². The number of halogens is 1. The van der Waals surface area contributed by atoms with Gasteiger partial charge in [0.25, 0.3) is 0 Å². The number of carboxylic acid groups (broad SMARTS) is 1. The van der Waals surface area contributed by atoms with Crippen LogP contribution in [-0.4, -0.2) is 20.9 Å². The van der Waals surface area contributed by atoms with Gasteiger partial charge < -0.3 is 5.11 Å². The minimum atomic E-state index is -0.842. The van der Waals surface area contributed by atoms with E-state index in [0.717, 1.165) is 0 Å². The molecule has 12 heavy (non-hydrogen) atoms. The Balaban J connectivity index is 3.02. The number of rotatable bonds is 2. The summed E-state index contributed by atoms with van der Waals surface area (Å²) in [5.74, 6) is -1.36. The van der Waals surface area contributed by atoms with Crippen molar-refractivity contribution >= 4 is 21.9 Å². The predicted molar refractivity (Wildman–Crippen MR) is 47.0 cm³/mol. The van der Waals surface area contributed by atoms with Crippen LogP contribution in [0.5, 0.6) is 0 Å². The fourth-order valence-corrected chi connectivity index (χ4v) is 1.45. The fourth-order valence-electron chi connectivity index (χ4n) is 0.977. The lowest BCUT2D eigenvalue weighted by Gasteiger charge is -2.04. The zero-order valence-electron chi connectivity index (χ0n) is 6.78. The third kappa shape index (κ3) is 1.66. The molecule has 1 aromatic rings. The molecule has 0 aliphatic carbocycles. The number of aromatic nitrogens is 2. The summed E-state index contributed by atoms with van der Waals surface area (Å²) in [6.07, 6.45) is 0. The Labute approximate surface area is 78.3 Å². The predicted octanol–water partition coefficient (Wildman–Crippen LogP) is 1.37. The Morgan fingerprint density at radius 1 is 1.83 bits per heavy atom. The highest BCUT2D eigenvalue weighted by Crippen LogP contribution is 2.18. The molecule has 0 spiro atoms. The third-order valence-corrected chi connectivity index (χ3v) is 2.09. The monoisotopic (exact) mass is 232 g/mol. The fraction of sp³-hybridized carbons (Fsp3) is 0.429. The van der Waals surface area contributed by atoms with E-state index in [-0.39, 0.29) is 0 Å². The maximum Gasteiger partial charge on any atom is 0.312 e. The van der Waals surface area contributed by atoms with Crippen LogP contribution in [-0.2, 0) is 11.8 Å². The van der Waals surface area contributed by atoms with Crippen LogP contribution >= 0.6 is 15.9 Å². The maximum absolute atomic E-state index is 10.6. The summed E-state index contributed by atoms with van der Waals surface area (Å²) in [6, 6.07) is 1.71. The molecule has 1 N–H and O–H groups in total. The number of aryl methyl sites for hydroxylation is 1. The Hall–Kier alpha value is -0.840. The van der Waals surface area contributed by atoms with Gasteiger partial charge in [0.15, 0.2) is 0 Å². The van der Waals surface area contributed by atoms with Gasteiger partial charge in [-0.25, -0.2) is 0 Å². The summed E-state index contributed by atoms with van der Waals surface area (Å²) in [5.41, 5.74) is 0.689. The molecule has 0 bridgehead atoms. The maximum atomic E-state index is 10.6. The van der Waals surface area contributed by atoms with Gasteiger partial charge in [0, 0.05) is 7.05 Å². The molecule has 66 valence electrons. The van der Waals surface area contributed by atoms with Crippen LogP contribution in [0.25, 0.3) is 0 Å². The van der Waals surface area contributed by atoms with E-state index in [2.05, 4.69) is 21.0 Å². The molecule has 0 aromatic carbocycles. The minimum Gasteiger partial charge on any atom is -0.481 e. The van der Waals surface area contributed by atoms with Crippen LogP contribution in [0.1, 0.15) is 18.5 Å². The smallest absolute Gasteiger partial charge is 0.312 e. The molecule has 0 aliphatic heterocycles. The molecule has 0 saturated carbocycles. The molecule has 4 nitrogen and oxygen atoms in total. The summed E-state index contributed by atoms with van der Waals surface area (Å²) in [4.78, 5) is 10.6. The lowest BCUT2D eigenvalue weighted by molar-refractivity contribution is -0.138. The van der Waals surface area contributed by atoms with Crippen LogP contribution in [0.4, 0.5) is 0 Å². The van der Waals surface area contributed by atoms with Crippen molar-refractivity contribution in [2.75, 3.05) is 0 Å². The molecule has 5 heteroatoms. The number of hydrogen-bond donors (Lipinski definition) is 1. The zero-order chi connectivity index (χ0) is 9.30. The van der Waals surface area contributed by atoms with Crippen molar-refractivity contribution in [3.05, 3.63) is 16.4 Å². The lowest BCUT2D eigenvalue weighted by Crippen LogP contribution is -2.11. The van der Waals surface area contributed by atoms with Gasteiger partial charge in [-0.1, -0.05) is 0 Å². The van der Waals surface area contributed by atoms with E-state index in [0.29, 0.717) is 10.3 Å². The van der Waals surface area contributed by atoms with Crippen molar-refractivity contribution in [1.29, 1.82) is 0 Å². The van der Waals surface area contributed by atoms with Crippen molar-refractivity contribution in [3.8, 4) is 0 Å². The second kappa shape index (κ2) is 3.26. The number of aliphatic carboxylic acids is 1. The van der Waals surface area contributed by atoms with E-state index >= 15 is 0 Å². The van der Waals surface area contributed by atoms with Gasteiger partial charge in [0.1, 0.15) is 4.60 Å². The lowest BCUT2D eigenvalue weighted by atomic mass is 10.1. The minimum absolute atomic E-state index is 0.520. The Morgan fingerprint density at radius 2 is 2.42 bits per heavy atom. The molecule has 0 unspecified atom stereocenters. The molecule has 1 atom stereocenters. The van der Waals surface area contributed by atoms with Gasteiger partial charge in [-0.3, -0.25) is 9.48 Å². The van der Waals surface area contributed by atoms with E-state index in [1.165, 1.54) is 0 Å². The van der Waals surface area contributed by atoms with Gasteiger partial charge >= 0.3 is 5.97 Å². The topological polar surface area (TPSA) is 55.1 Å². The molecule has 1 aromatic heterocycles. The number of carbonyl (C=O) groups is 1. The van der Waals surface area contributed by atoms with E-state index < -0.39 is 11.9 Å². The molecule has 0 radical (unpaired) electrons. The summed E-state index contributed by atoms with van der Waals surface area (Å²) in [6.45, 7) is 1.63. The Morgan fingerprint density at radius 3 is 2.75 bits per heavy atom. The first-order chi connectivity index (χ1) is 5.52. The van der Waals surface area contributed by atoms with Gasteiger partial charge in [-0.2, -0.15) is 5.10 Å². The van der Waals surface area contributed by atoms with Gasteiger partial charge in [0.05, 0.1) is 11.6 Å². The largest absolute Gasteiger partial charge is 0.481 e. The molecule has 0 fully saturated rings. The third-order valence-electron chi connectivity index (χ3n) is 1.70. The highest BCUT2D eigenvalue weighted by atomic mass is 79.9. The summed E-state index contributed by atoms with van der Waals surface area (Å²) in [7, 11) is 1.72. The summed E-state index contributed by atoms with van der Waals surface area (Å²) in [5, 5.41) is 12.7. The average Bonchev–Trinajstić information content (AvgIpc) is 2.28. The molecule has 0 aliphatic rings. The standard InChI is InChI=1S/C7H9BrN2O2/c1-4(7(11)12)5-3-6(8)9-10(5)2/h3-4H,1-2H3,(H,11,12)/t4-/m1/s1. The van der Waals surface area contributed by atoms with Crippen LogP contribution < -0.4 is 0 Å². The Kier molecular flexibility index (Phi) is 2.52. The van der Waals surface area contributed by atoms with Gasteiger partial charge in [-0.05, 0) is 28.9 Å². The molecule has 1 rings (SSSR count). The molecule has 0 amide bonds. The van der Waals surface area contributed by atoms with Gasteiger partial charge in [0.2, 0.25) is 0 Å². The van der Waals surface area contributed by atoms with Crippen molar-refractivity contribution in [3.63, 3.8) is 0 Å². The van der Waals surface area contributed by atoms with E-state index in [1.807, 2.05) is 0 Å². The first-order valence-corrected chi connectivity index (χ1v) is 4.24. The number of nitrogens with zero attached hydrogens (tertiary/aromatic N) is 2. The highest BCUT2D eigenvalue weighted by Gasteiger charge is 2.17. The molecular formula is C7H9BrN2O2. The Bertz CT molecular complexity index is 308. The normalized spacial score (nSPS) is 12.9. The number of carboxylic acids is 1. The highest BCUT2D eigenvalue weighted by molar-refractivity contribution is 9.10. The van der Waals surface area contributed by atoms with Crippen LogP contribution in [0, 0.1) is 0 Å². The zero-order valence-corrected chi connectivity index (χ0v) is 8.37. The van der Waals surface area contributed by atoms with Crippen molar-refractivity contribution in [1.82, 2.24) is 9.78 Å². The second-order valence-electron chi connectivity index (χ2n) is 2.58. The molecule has 1 heterocycles. The second-order valence-corrected chi connectivity index (χ2v) is 3.39. The van der Waals surface area contributed by atoms with E-state index in [4.69, 9.17) is 5.11 Å². The molecular weight excluding hydrogens is 224 g/mol. The van der Waals surface area contributed by atoms with Crippen molar-refractivity contribution in [2.45, 2.75) is 12.8 Å². The first kappa shape index (κ1) is 9.25. The van der Waals surface area contributed by atoms with E-state index in [1.54, 1.807) is 24.7 Å². The van der Waals surface area contributed by atoms with Crippen molar-refractivity contribution in [2.24, 2.45) is 7.05 Å². The molecule has 0 saturated heterocycles. The summed E-state index contributed by atoms with van der Waals surface area (Å²) >= 11 is 3.18. The quantitative estimate of drug-likeness (QED) is 0.839. The van der Waals surface area contributed by atoms with E-state index in [9.17, 15) is 4.79 Å². The SMILES string of the molecule is C[C@@H](C(=O)O)c1cc(Br)nn1C.